The number of imide groups is 1. The molecule has 2 aliphatic heterocycles. The minimum Gasteiger partial charge on any atom is -0.366 e. The Morgan fingerprint density at radius 3 is 2.38 bits per heavy atom. The van der Waals surface area contributed by atoms with Crippen LogP contribution in [0.15, 0.2) is 18.2 Å². The third-order valence-electron chi connectivity index (χ3n) is 7.24. The fourth-order valence-corrected chi connectivity index (χ4v) is 6.06. The van der Waals surface area contributed by atoms with Gasteiger partial charge in [0.25, 0.3) is 5.91 Å². The molecule has 2 saturated heterocycles. The predicted octanol–water partition coefficient (Wildman–Crippen LogP) is 2.81. The van der Waals surface area contributed by atoms with Crippen LogP contribution in [-0.4, -0.2) is 71.7 Å². The van der Waals surface area contributed by atoms with Gasteiger partial charge in [0.15, 0.2) is 5.78 Å². The molecule has 2 atom stereocenters. The van der Waals surface area contributed by atoms with E-state index in [9.17, 15) is 23.6 Å². The maximum atomic E-state index is 14.5. The normalized spacial score (nSPS) is 26.7. The molecular weight excluding hydrogens is 439 g/mol. The number of hydrogen-bond acceptors (Lipinski definition) is 5. The van der Waals surface area contributed by atoms with Crippen LogP contribution in [0.5, 0.6) is 0 Å². The molecule has 9 heteroatoms. The molecule has 34 heavy (non-hydrogen) atoms. The standard InChI is InChI=1S/C25H33FN4O4/c1-16-12-24(3,4)15-25(13-16)22(33)30(23(34)27-25)14-21(32)29-9-7-28(8-10-29)20-6-5-18(17(2)31)11-19(20)26/h5-6,11,16H,7-10,12-15H2,1-4H3,(H,27,34). The SMILES string of the molecule is CC(=O)c1ccc(N2CCN(C(=O)CN3C(=O)NC4(CC(C)CC(C)(C)C4)C3=O)CC2)c(F)c1. The summed E-state index contributed by atoms with van der Waals surface area (Å²) in [6.07, 6.45) is 2.13. The first-order chi connectivity index (χ1) is 15.9. The van der Waals surface area contributed by atoms with Crippen molar-refractivity contribution in [2.75, 3.05) is 37.6 Å². The first-order valence-electron chi connectivity index (χ1n) is 11.9. The molecule has 1 aromatic rings. The van der Waals surface area contributed by atoms with E-state index in [0.717, 1.165) is 11.3 Å². The average molecular weight is 473 g/mol. The number of rotatable bonds is 4. The summed E-state index contributed by atoms with van der Waals surface area (Å²) in [6, 6.07) is 3.91. The number of carbonyl (C=O) groups excluding carboxylic acids is 4. The molecule has 8 nitrogen and oxygen atoms in total. The largest absolute Gasteiger partial charge is 0.366 e. The van der Waals surface area contributed by atoms with E-state index in [4.69, 9.17) is 0 Å². The molecule has 1 aromatic carbocycles. The Kier molecular flexibility index (Phi) is 6.16. The number of nitrogens with one attached hydrogen (secondary N) is 1. The van der Waals surface area contributed by atoms with Crippen LogP contribution in [0, 0.1) is 17.2 Å². The lowest BCUT2D eigenvalue weighted by atomic mass is 9.64. The number of benzene rings is 1. The number of urea groups is 1. The van der Waals surface area contributed by atoms with Crippen LogP contribution in [0.4, 0.5) is 14.9 Å². The highest BCUT2D eigenvalue weighted by molar-refractivity contribution is 6.09. The monoisotopic (exact) mass is 472 g/mol. The van der Waals surface area contributed by atoms with Crippen LogP contribution in [0.1, 0.15) is 57.3 Å². The summed E-state index contributed by atoms with van der Waals surface area (Å²) in [7, 11) is 0. The number of Topliss-reactive ketones (excluding diaryl/α,β-unsaturated/α-hetero) is 1. The second-order valence-corrected chi connectivity index (χ2v) is 10.8. The van der Waals surface area contributed by atoms with Gasteiger partial charge in [0, 0.05) is 31.7 Å². The van der Waals surface area contributed by atoms with Crippen molar-refractivity contribution in [2.45, 2.75) is 52.5 Å². The molecule has 2 unspecified atom stereocenters. The lowest BCUT2D eigenvalue weighted by Gasteiger charge is -2.43. The van der Waals surface area contributed by atoms with E-state index in [1.165, 1.54) is 13.0 Å². The average Bonchev–Trinajstić information content (AvgIpc) is 2.95. The van der Waals surface area contributed by atoms with Crippen molar-refractivity contribution in [3.05, 3.63) is 29.6 Å². The second kappa shape index (κ2) is 8.67. The minimum atomic E-state index is -0.930. The Morgan fingerprint density at radius 2 is 1.79 bits per heavy atom. The van der Waals surface area contributed by atoms with Crippen LogP contribution >= 0.6 is 0 Å². The Bertz CT molecular complexity index is 1030. The van der Waals surface area contributed by atoms with E-state index < -0.39 is 17.4 Å². The topological polar surface area (TPSA) is 90.0 Å². The fourth-order valence-electron chi connectivity index (χ4n) is 6.06. The Balaban J connectivity index is 1.38. The Morgan fingerprint density at radius 1 is 1.12 bits per heavy atom. The van der Waals surface area contributed by atoms with Gasteiger partial charge in [0.2, 0.25) is 5.91 Å². The van der Waals surface area contributed by atoms with Gasteiger partial charge in [0.05, 0.1) is 5.69 Å². The molecule has 0 radical (unpaired) electrons. The minimum absolute atomic E-state index is 0.0746. The molecule has 4 rings (SSSR count). The van der Waals surface area contributed by atoms with Gasteiger partial charge >= 0.3 is 6.03 Å². The van der Waals surface area contributed by atoms with Crippen molar-refractivity contribution in [2.24, 2.45) is 11.3 Å². The first kappa shape index (κ1) is 24.2. The third-order valence-corrected chi connectivity index (χ3v) is 7.24. The molecule has 4 amide bonds. The molecule has 1 aliphatic carbocycles. The van der Waals surface area contributed by atoms with Crippen molar-refractivity contribution in [3.63, 3.8) is 0 Å². The zero-order valence-corrected chi connectivity index (χ0v) is 20.3. The highest BCUT2D eigenvalue weighted by Gasteiger charge is 2.56. The predicted molar refractivity (Wildman–Crippen MR) is 125 cm³/mol. The Hall–Kier alpha value is -2.97. The molecular formula is C25H33FN4O4. The maximum Gasteiger partial charge on any atom is 0.325 e. The summed E-state index contributed by atoms with van der Waals surface area (Å²) in [5, 5.41) is 2.90. The van der Waals surface area contributed by atoms with Gasteiger partial charge in [0.1, 0.15) is 17.9 Å². The molecule has 0 aromatic heterocycles. The zero-order chi connectivity index (χ0) is 24.8. The van der Waals surface area contributed by atoms with E-state index in [0.29, 0.717) is 56.2 Å². The third kappa shape index (κ3) is 4.52. The molecule has 0 bridgehead atoms. The van der Waals surface area contributed by atoms with Gasteiger partial charge in [-0.3, -0.25) is 19.3 Å². The Labute approximate surface area is 199 Å². The molecule has 1 saturated carbocycles. The lowest BCUT2D eigenvalue weighted by molar-refractivity contribution is -0.140. The number of nitrogens with zero attached hydrogens (tertiary/aromatic N) is 3. The van der Waals surface area contributed by atoms with E-state index in [2.05, 4.69) is 26.1 Å². The van der Waals surface area contributed by atoms with Gasteiger partial charge in [-0.1, -0.05) is 20.8 Å². The summed E-state index contributed by atoms with van der Waals surface area (Å²) in [5.74, 6) is -0.981. The molecule has 1 N–H and O–H groups in total. The van der Waals surface area contributed by atoms with Crippen LogP contribution in [0.3, 0.4) is 0 Å². The van der Waals surface area contributed by atoms with Crippen molar-refractivity contribution in [1.82, 2.24) is 15.1 Å². The van der Waals surface area contributed by atoms with Gasteiger partial charge in [-0.05, 0) is 55.7 Å². The van der Waals surface area contributed by atoms with Crippen LogP contribution in [0.25, 0.3) is 0 Å². The number of halogens is 1. The van der Waals surface area contributed by atoms with E-state index in [-0.39, 0.29) is 29.6 Å². The van der Waals surface area contributed by atoms with Gasteiger partial charge < -0.3 is 15.1 Å². The number of carbonyl (C=O) groups is 4. The highest BCUT2D eigenvalue weighted by atomic mass is 19.1. The summed E-state index contributed by atoms with van der Waals surface area (Å²) in [6.45, 7) is 8.94. The number of anilines is 1. The van der Waals surface area contributed by atoms with E-state index in [1.807, 2.05) is 4.90 Å². The van der Waals surface area contributed by atoms with Gasteiger partial charge in [-0.25, -0.2) is 9.18 Å². The highest BCUT2D eigenvalue weighted by Crippen LogP contribution is 2.46. The number of ketones is 1. The van der Waals surface area contributed by atoms with Crippen LogP contribution in [0.2, 0.25) is 0 Å². The summed E-state index contributed by atoms with van der Waals surface area (Å²) >= 11 is 0. The van der Waals surface area contributed by atoms with Crippen molar-refractivity contribution in [3.8, 4) is 0 Å². The van der Waals surface area contributed by atoms with Crippen molar-refractivity contribution < 1.29 is 23.6 Å². The van der Waals surface area contributed by atoms with Crippen molar-refractivity contribution in [1.29, 1.82) is 0 Å². The summed E-state index contributed by atoms with van der Waals surface area (Å²) in [5.41, 5.74) is -0.297. The van der Waals surface area contributed by atoms with E-state index in [1.54, 1.807) is 17.0 Å². The van der Waals surface area contributed by atoms with Gasteiger partial charge in [-0.15, -0.1) is 0 Å². The first-order valence-corrected chi connectivity index (χ1v) is 11.9. The maximum absolute atomic E-state index is 14.5. The number of amides is 4. The lowest BCUT2D eigenvalue weighted by Crippen LogP contribution is -2.55. The molecule has 2 heterocycles. The van der Waals surface area contributed by atoms with E-state index >= 15 is 0 Å². The second-order valence-electron chi connectivity index (χ2n) is 10.8. The van der Waals surface area contributed by atoms with Crippen molar-refractivity contribution >= 4 is 29.3 Å². The quantitative estimate of drug-likeness (QED) is 0.538. The molecule has 3 aliphatic rings. The van der Waals surface area contributed by atoms with Crippen LogP contribution < -0.4 is 10.2 Å². The zero-order valence-electron chi connectivity index (χ0n) is 20.3. The molecule has 1 spiro atoms. The molecule has 184 valence electrons. The number of piperazine rings is 1. The van der Waals surface area contributed by atoms with Gasteiger partial charge in [-0.2, -0.15) is 0 Å². The summed E-state index contributed by atoms with van der Waals surface area (Å²) < 4.78 is 14.5. The molecule has 3 fully saturated rings. The summed E-state index contributed by atoms with van der Waals surface area (Å²) in [4.78, 5) is 54.9. The van der Waals surface area contributed by atoms with Crippen LogP contribution in [-0.2, 0) is 9.59 Å². The smallest absolute Gasteiger partial charge is 0.325 e. The fraction of sp³-hybridized carbons (Fsp3) is 0.600. The number of hydrogen-bond donors (Lipinski definition) is 1.